The van der Waals surface area contributed by atoms with Crippen LogP contribution >= 0.6 is 0 Å². The minimum Gasteiger partial charge on any atom is -0.368 e. The van der Waals surface area contributed by atoms with E-state index >= 15 is 0 Å². The molecule has 3 rings (SSSR count). The maximum atomic E-state index is 12.9. The van der Waals surface area contributed by atoms with Crippen LogP contribution < -0.4 is 4.90 Å². The van der Waals surface area contributed by atoms with Crippen molar-refractivity contribution in [1.82, 2.24) is 9.80 Å². The zero-order valence-corrected chi connectivity index (χ0v) is 16.2. The molecule has 154 valence electrons. The van der Waals surface area contributed by atoms with Crippen LogP contribution in [0.15, 0.2) is 24.3 Å². The molecule has 2 amide bonds. The Kier molecular flexibility index (Phi) is 5.86. The number of hydrogen-bond donors (Lipinski definition) is 0. The monoisotopic (exact) mass is 397 g/mol. The largest absolute Gasteiger partial charge is 0.416 e. The van der Waals surface area contributed by atoms with Gasteiger partial charge in [-0.05, 0) is 24.1 Å². The fraction of sp³-hybridized carbons (Fsp3) is 0.600. The second-order valence-corrected chi connectivity index (χ2v) is 7.95. The Balaban J connectivity index is 1.57. The Hall–Kier alpha value is -2.25. The number of amides is 2. The lowest BCUT2D eigenvalue weighted by molar-refractivity contribution is -0.137. The van der Waals surface area contributed by atoms with Gasteiger partial charge in [0, 0.05) is 51.4 Å². The summed E-state index contributed by atoms with van der Waals surface area (Å²) < 4.78 is 38.7. The molecule has 2 aliphatic rings. The highest BCUT2D eigenvalue weighted by Gasteiger charge is 2.37. The number of anilines is 1. The second kappa shape index (κ2) is 8.01. The first-order valence-corrected chi connectivity index (χ1v) is 9.64. The number of likely N-dealkylation sites (tertiary alicyclic amines) is 1. The molecule has 0 aliphatic carbocycles. The number of carbonyl (C=O) groups excluding carboxylic acids is 2. The molecule has 0 unspecified atom stereocenters. The highest BCUT2D eigenvalue weighted by Crippen LogP contribution is 2.32. The van der Waals surface area contributed by atoms with Crippen molar-refractivity contribution in [2.75, 3.05) is 44.2 Å². The third-order valence-electron chi connectivity index (χ3n) is 5.28. The SMILES string of the molecule is CC(C)CN1C[C@@H](C(=O)N2CCN(c3cccc(C(F)(F)F)c3)CC2)CC1=O. The van der Waals surface area contributed by atoms with Gasteiger partial charge in [0.05, 0.1) is 11.5 Å². The van der Waals surface area contributed by atoms with Crippen molar-refractivity contribution < 1.29 is 22.8 Å². The molecule has 8 heteroatoms. The van der Waals surface area contributed by atoms with Gasteiger partial charge in [-0.15, -0.1) is 0 Å². The molecular formula is C20H26F3N3O2. The first-order chi connectivity index (χ1) is 13.1. The lowest BCUT2D eigenvalue weighted by Gasteiger charge is -2.37. The molecular weight excluding hydrogens is 371 g/mol. The quantitative estimate of drug-likeness (QED) is 0.785. The number of halogens is 3. The summed E-state index contributed by atoms with van der Waals surface area (Å²) in [6.45, 7) is 7.04. The summed E-state index contributed by atoms with van der Waals surface area (Å²) in [5.74, 6) is 0.0399. The summed E-state index contributed by atoms with van der Waals surface area (Å²) >= 11 is 0. The molecule has 2 heterocycles. The van der Waals surface area contributed by atoms with Crippen LogP contribution in [0.1, 0.15) is 25.8 Å². The first kappa shape index (κ1) is 20.5. The van der Waals surface area contributed by atoms with Crippen LogP contribution in [0, 0.1) is 11.8 Å². The van der Waals surface area contributed by atoms with E-state index in [0.29, 0.717) is 50.9 Å². The minimum atomic E-state index is -4.37. The van der Waals surface area contributed by atoms with Crippen molar-refractivity contribution in [1.29, 1.82) is 0 Å². The maximum Gasteiger partial charge on any atom is 0.416 e. The molecule has 0 aromatic heterocycles. The van der Waals surface area contributed by atoms with Crippen LogP contribution in [-0.2, 0) is 15.8 Å². The van der Waals surface area contributed by atoms with E-state index in [1.165, 1.54) is 6.07 Å². The summed E-state index contributed by atoms with van der Waals surface area (Å²) in [4.78, 5) is 30.3. The molecule has 1 aromatic carbocycles. The predicted molar refractivity (Wildman–Crippen MR) is 99.8 cm³/mol. The Bertz CT molecular complexity index is 728. The van der Waals surface area contributed by atoms with Crippen molar-refractivity contribution in [2.24, 2.45) is 11.8 Å². The van der Waals surface area contributed by atoms with Gasteiger partial charge in [-0.1, -0.05) is 19.9 Å². The van der Waals surface area contributed by atoms with E-state index in [1.54, 1.807) is 15.9 Å². The third-order valence-corrected chi connectivity index (χ3v) is 5.28. The molecule has 0 N–H and O–H groups in total. The van der Waals surface area contributed by atoms with Crippen molar-refractivity contribution in [3.63, 3.8) is 0 Å². The van der Waals surface area contributed by atoms with Crippen LogP contribution in [-0.4, -0.2) is 60.9 Å². The van der Waals surface area contributed by atoms with Gasteiger partial charge >= 0.3 is 6.18 Å². The van der Waals surface area contributed by atoms with E-state index in [4.69, 9.17) is 0 Å². The Morgan fingerprint density at radius 2 is 1.86 bits per heavy atom. The summed E-state index contributed by atoms with van der Waals surface area (Å²) in [6.07, 6.45) is -4.12. The minimum absolute atomic E-state index is 0.0228. The second-order valence-electron chi connectivity index (χ2n) is 7.95. The topological polar surface area (TPSA) is 43.9 Å². The van der Waals surface area contributed by atoms with Crippen LogP contribution in [0.4, 0.5) is 18.9 Å². The number of alkyl halides is 3. The molecule has 2 saturated heterocycles. The lowest BCUT2D eigenvalue weighted by atomic mass is 10.1. The maximum absolute atomic E-state index is 12.9. The fourth-order valence-electron chi connectivity index (χ4n) is 3.88. The fourth-order valence-corrected chi connectivity index (χ4v) is 3.88. The standard InChI is InChI=1S/C20H26F3N3O2/c1-14(2)12-26-13-15(10-18(26)27)19(28)25-8-6-24(7-9-25)17-5-3-4-16(11-17)20(21,22)23/h3-5,11,14-15H,6-10,12-13H2,1-2H3/t15-/m0/s1. The molecule has 2 aliphatic heterocycles. The molecule has 0 spiro atoms. The number of hydrogen-bond acceptors (Lipinski definition) is 3. The van der Waals surface area contributed by atoms with Crippen LogP contribution in [0.5, 0.6) is 0 Å². The highest BCUT2D eigenvalue weighted by atomic mass is 19.4. The third kappa shape index (κ3) is 4.59. The van der Waals surface area contributed by atoms with Crippen molar-refractivity contribution >= 4 is 17.5 Å². The first-order valence-electron chi connectivity index (χ1n) is 9.64. The van der Waals surface area contributed by atoms with Gasteiger partial charge in [0.25, 0.3) is 0 Å². The zero-order chi connectivity index (χ0) is 20.5. The zero-order valence-electron chi connectivity index (χ0n) is 16.2. The molecule has 2 fully saturated rings. The molecule has 0 saturated carbocycles. The molecule has 0 radical (unpaired) electrons. The van der Waals surface area contributed by atoms with Gasteiger partial charge in [0.15, 0.2) is 0 Å². The Labute approximate surface area is 163 Å². The molecule has 1 atom stereocenters. The molecule has 1 aromatic rings. The van der Waals surface area contributed by atoms with Crippen molar-refractivity contribution in [2.45, 2.75) is 26.4 Å². The average molecular weight is 397 g/mol. The van der Waals surface area contributed by atoms with Gasteiger partial charge in [0.1, 0.15) is 0 Å². The van der Waals surface area contributed by atoms with E-state index < -0.39 is 11.7 Å². The number of rotatable bonds is 4. The number of piperazine rings is 1. The van der Waals surface area contributed by atoms with E-state index in [1.807, 2.05) is 18.7 Å². The van der Waals surface area contributed by atoms with Crippen LogP contribution in [0.2, 0.25) is 0 Å². The van der Waals surface area contributed by atoms with E-state index in [0.717, 1.165) is 12.1 Å². The number of nitrogens with zero attached hydrogens (tertiary/aromatic N) is 3. The van der Waals surface area contributed by atoms with E-state index in [9.17, 15) is 22.8 Å². The molecule has 28 heavy (non-hydrogen) atoms. The van der Waals surface area contributed by atoms with Gasteiger partial charge < -0.3 is 14.7 Å². The van der Waals surface area contributed by atoms with Gasteiger partial charge in [-0.25, -0.2) is 0 Å². The Morgan fingerprint density at radius 1 is 1.18 bits per heavy atom. The van der Waals surface area contributed by atoms with Gasteiger partial charge in [0.2, 0.25) is 11.8 Å². The summed E-state index contributed by atoms with van der Waals surface area (Å²) in [5.41, 5.74) is -0.153. The predicted octanol–water partition coefficient (Wildman–Crippen LogP) is 2.86. The average Bonchev–Trinajstić information content (AvgIpc) is 3.00. The summed E-state index contributed by atoms with van der Waals surface area (Å²) in [6, 6.07) is 5.27. The number of carbonyl (C=O) groups is 2. The van der Waals surface area contributed by atoms with E-state index in [-0.39, 0.29) is 24.2 Å². The molecule has 5 nitrogen and oxygen atoms in total. The van der Waals surface area contributed by atoms with Crippen molar-refractivity contribution in [3.8, 4) is 0 Å². The summed E-state index contributed by atoms with van der Waals surface area (Å²) in [7, 11) is 0. The number of benzene rings is 1. The smallest absolute Gasteiger partial charge is 0.368 e. The lowest BCUT2D eigenvalue weighted by Crippen LogP contribution is -2.50. The van der Waals surface area contributed by atoms with Crippen LogP contribution in [0.3, 0.4) is 0 Å². The van der Waals surface area contributed by atoms with Crippen molar-refractivity contribution in [3.05, 3.63) is 29.8 Å². The van der Waals surface area contributed by atoms with Gasteiger partial charge in [-0.3, -0.25) is 9.59 Å². The Morgan fingerprint density at radius 3 is 2.46 bits per heavy atom. The van der Waals surface area contributed by atoms with Gasteiger partial charge in [-0.2, -0.15) is 13.2 Å². The molecule has 0 bridgehead atoms. The summed E-state index contributed by atoms with van der Waals surface area (Å²) in [5, 5.41) is 0. The van der Waals surface area contributed by atoms with E-state index in [2.05, 4.69) is 0 Å². The van der Waals surface area contributed by atoms with Crippen LogP contribution in [0.25, 0.3) is 0 Å². The normalized spacial score (nSPS) is 21.0. The highest BCUT2D eigenvalue weighted by molar-refractivity contribution is 5.89.